The average molecular weight is 204 g/mol. The summed E-state index contributed by atoms with van der Waals surface area (Å²) in [6, 6.07) is 8.06. The lowest BCUT2D eigenvalue weighted by Gasteiger charge is -2.02. The van der Waals surface area contributed by atoms with Gasteiger partial charge in [0.1, 0.15) is 0 Å². The number of hydrogen-bond acceptors (Lipinski definition) is 4. The molecule has 0 fully saturated rings. The molecule has 0 saturated carbocycles. The number of nitriles is 1. The molecule has 0 atom stereocenters. The fraction of sp³-hybridized carbons (Fsp3) is 0.100. The van der Waals surface area contributed by atoms with E-state index in [1.165, 1.54) is 24.3 Å². The second-order valence-electron chi connectivity index (χ2n) is 2.63. The highest BCUT2D eigenvalue weighted by Crippen LogP contribution is 2.08. The van der Waals surface area contributed by atoms with E-state index in [0.717, 1.165) is 7.11 Å². The number of amides is 1. The summed E-state index contributed by atoms with van der Waals surface area (Å²) in [6.45, 7) is 0. The molecule has 1 N–H and O–H groups in total. The maximum Gasteiger partial charge on any atom is 0.396 e. The number of carbonyl (C=O) groups is 2. The van der Waals surface area contributed by atoms with Crippen molar-refractivity contribution >= 4 is 17.6 Å². The van der Waals surface area contributed by atoms with Crippen molar-refractivity contribution in [2.45, 2.75) is 0 Å². The van der Waals surface area contributed by atoms with Crippen LogP contribution in [0, 0.1) is 11.3 Å². The van der Waals surface area contributed by atoms with Gasteiger partial charge in [0.05, 0.1) is 18.7 Å². The molecule has 0 aliphatic rings. The number of methoxy groups -OCH3 is 1. The van der Waals surface area contributed by atoms with Crippen LogP contribution in [0.3, 0.4) is 0 Å². The summed E-state index contributed by atoms with van der Waals surface area (Å²) in [5, 5.41) is 10.8. The Morgan fingerprint density at radius 3 is 2.40 bits per heavy atom. The van der Waals surface area contributed by atoms with Crippen LogP contribution in [0.15, 0.2) is 24.3 Å². The van der Waals surface area contributed by atoms with Gasteiger partial charge in [-0.05, 0) is 24.3 Å². The Morgan fingerprint density at radius 2 is 1.93 bits per heavy atom. The first-order valence-corrected chi connectivity index (χ1v) is 4.07. The van der Waals surface area contributed by atoms with Gasteiger partial charge in [0.25, 0.3) is 0 Å². The molecule has 5 heteroatoms. The fourth-order valence-electron chi connectivity index (χ4n) is 0.903. The molecular formula is C10H8N2O3. The Kier molecular flexibility index (Phi) is 3.41. The van der Waals surface area contributed by atoms with Crippen LogP contribution in [0.25, 0.3) is 0 Å². The zero-order valence-electron chi connectivity index (χ0n) is 7.98. The lowest BCUT2D eigenvalue weighted by molar-refractivity contribution is -0.150. The molecule has 1 rings (SSSR count). The van der Waals surface area contributed by atoms with Gasteiger partial charge in [0.15, 0.2) is 0 Å². The van der Waals surface area contributed by atoms with Crippen LogP contribution in [0.4, 0.5) is 5.69 Å². The van der Waals surface area contributed by atoms with Crippen LogP contribution in [0.1, 0.15) is 5.56 Å². The SMILES string of the molecule is COC(=O)C(=O)Nc1ccc(C#N)cc1. The van der Waals surface area contributed by atoms with E-state index < -0.39 is 11.9 Å². The number of nitrogens with zero attached hydrogens (tertiary/aromatic N) is 1. The van der Waals surface area contributed by atoms with E-state index in [9.17, 15) is 9.59 Å². The molecule has 1 aromatic carbocycles. The van der Waals surface area contributed by atoms with Crippen LogP contribution in [-0.4, -0.2) is 19.0 Å². The first kappa shape index (κ1) is 10.7. The van der Waals surface area contributed by atoms with Gasteiger partial charge in [-0.2, -0.15) is 5.26 Å². The fourth-order valence-corrected chi connectivity index (χ4v) is 0.903. The lowest BCUT2D eigenvalue weighted by Crippen LogP contribution is -2.23. The molecule has 0 bridgehead atoms. The predicted octanol–water partition coefficient (Wildman–Crippen LogP) is 0.670. The number of carbonyl (C=O) groups excluding carboxylic acids is 2. The number of anilines is 1. The first-order chi connectivity index (χ1) is 7.17. The minimum Gasteiger partial charge on any atom is -0.462 e. The highest BCUT2D eigenvalue weighted by atomic mass is 16.5. The van der Waals surface area contributed by atoms with E-state index in [2.05, 4.69) is 10.1 Å². The molecule has 0 spiro atoms. The second-order valence-corrected chi connectivity index (χ2v) is 2.63. The van der Waals surface area contributed by atoms with Crippen molar-refractivity contribution in [2.24, 2.45) is 0 Å². The molecule has 15 heavy (non-hydrogen) atoms. The highest BCUT2D eigenvalue weighted by Gasteiger charge is 2.13. The van der Waals surface area contributed by atoms with Gasteiger partial charge in [-0.25, -0.2) is 4.79 Å². The summed E-state index contributed by atoms with van der Waals surface area (Å²) < 4.78 is 4.23. The Morgan fingerprint density at radius 1 is 1.33 bits per heavy atom. The number of nitrogens with one attached hydrogen (secondary N) is 1. The summed E-state index contributed by atoms with van der Waals surface area (Å²) >= 11 is 0. The number of hydrogen-bond donors (Lipinski definition) is 1. The Hall–Kier alpha value is -2.35. The maximum absolute atomic E-state index is 11.0. The van der Waals surface area contributed by atoms with Crippen LogP contribution < -0.4 is 5.32 Å². The van der Waals surface area contributed by atoms with Crippen LogP contribution in [0.5, 0.6) is 0 Å². The summed E-state index contributed by atoms with van der Waals surface area (Å²) in [5.74, 6) is -1.80. The number of benzene rings is 1. The highest BCUT2D eigenvalue weighted by molar-refractivity contribution is 6.37. The molecule has 0 aromatic heterocycles. The number of ether oxygens (including phenoxy) is 1. The predicted molar refractivity (Wildman–Crippen MR) is 51.8 cm³/mol. The summed E-state index contributed by atoms with van der Waals surface area (Å²) in [5.41, 5.74) is 0.912. The molecule has 0 heterocycles. The Labute approximate surface area is 86.3 Å². The van der Waals surface area contributed by atoms with Crippen molar-refractivity contribution in [3.8, 4) is 6.07 Å². The van der Waals surface area contributed by atoms with E-state index in [4.69, 9.17) is 5.26 Å². The summed E-state index contributed by atoms with van der Waals surface area (Å²) in [4.78, 5) is 21.8. The molecular weight excluding hydrogens is 196 g/mol. The molecule has 0 aliphatic carbocycles. The molecule has 1 amide bonds. The number of esters is 1. The number of rotatable bonds is 1. The van der Waals surface area contributed by atoms with Gasteiger partial charge in [0.2, 0.25) is 0 Å². The molecule has 0 unspecified atom stereocenters. The molecule has 0 aliphatic heterocycles. The molecule has 0 radical (unpaired) electrons. The van der Waals surface area contributed by atoms with Crippen molar-refractivity contribution in [3.05, 3.63) is 29.8 Å². The second kappa shape index (κ2) is 4.77. The summed E-state index contributed by atoms with van der Waals surface area (Å²) in [6.07, 6.45) is 0. The molecule has 0 saturated heterocycles. The monoisotopic (exact) mass is 204 g/mol. The van der Waals surface area contributed by atoms with Crippen molar-refractivity contribution < 1.29 is 14.3 Å². The minimum absolute atomic E-state index is 0.435. The van der Waals surface area contributed by atoms with Gasteiger partial charge in [-0.15, -0.1) is 0 Å². The van der Waals surface area contributed by atoms with E-state index >= 15 is 0 Å². The van der Waals surface area contributed by atoms with Crippen LogP contribution in [0.2, 0.25) is 0 Å². The Bertz CT molecular complexity index is 417. The first-order valence-electron chi connectivity index (χ1n) is 4.07. The summed E-state index contributed by atoms with van der Waals surface area (Å²) in [7, 11) is 1.13. The molecule has 76 valence electrons. The van der Waals surface area contributed by atoms with Crippen molar-refractivity contribution in [3.63, 3.8) is 0 Å². The van der Waals surface area contributed by atoms with Gasteiger partial charge in [0, 0.05) is 5.69 Å². The van der Waals surface area contributed by atoms with Gasteiger partial charge in [-0.3, -0.25) is 4.79 Å². The van der Waals surface area contributed by atoms with E-state index in [1.54, 1.807) is 0 Å². The van der Waals surface area contributed by atoms with Crippen molar-refractivity contribution in [2.75, 3.05) is 12.4 Å². The normalized spacial score (nSPS) is 8.80. The van der Waals surface area contributed by atoms with E-state index in [0.29, 0.717) is 11.3 Å². The third-order valence-electron chi connectivity index (χ3n) is 1.64. The van der Waals surface area contributed by atoms with Gasteiger partial charge < -0.3 is 10.1 Å². The largest absolute Gasteiger partial charge is 0.462 e. The smallest absolute Gasteiger partial charge is 0.396 e. The van der Waals surface area contributed by atoms with Crippen molar-refractivity contribution in [1.82, 2.24) is 0 Å². The molecule has 1 aromatic rings. The van der Waals surface area contributed by atoms with Crippen molar-refractivity contribution in [1.29, 1.82) is 5.26 Å². The zero-order chi connectivity index (χ0) is 11.3. The topological polar surface area (TPSA) is 79.2 Å². The third-order valence-corrected chi connectivity index (χ3v) is 1.64. The van der Waals surface area contributed by atoms with E-state index in [1.807, 2.05) is 6.07 Å². The zero-order valence-corrected chi connectivity index (χ0v) is 7.98. The van der Waals surface area contributed by atoms with Crippen LogP contribution >= 0.6 is 0 Å². The van der Waals surface area contributed by atoms with Crippen LogP contribution in [-0.2, 0) is 14.3 Å². The van der Waals surface area contributed by atoms with Gasteiger partial charge >= 0.3 is 11.9 Å². The minimum atomic E-state index is -0.959. The average Bonchev–Trinajstić information content (AvgIpc) is 2.29. The van der Waals surface area contributed by atoms with E-state index in [-0.39, 0.29) is 0 Å². The quantitative estimate of drug-likeness (QED) is 0.538. The maximum atomic E-state index is 11.0. The van der Waals surface area contributed by atoms with Gasteiger partial charge in [-0.1, -0.05) is 0 Å². The molecule has 5 nitrogen and oxygen atoms in total. The lowest BCUT2D eigenvalue weighted by atomic mass is 10.2. The Balaban J connectivity index is 2.70. The standard InChI is InChI=1S/C10H8N2O3/c1-15-10(14)9(13)12-8-4-2-7(6-11)3-5-8/h2-5H,1H3,(H,12,13). The third kappa shape index (κ3) is 2.81.